The Balaban J connectivity index is 1.94. The zero-order valence-corrected chi connectivity index (χ0v) is 13.9. The first-order chi connectivity index (χ1) is 10.5. The smallest absolute Gasteiger partial charge is 0.267 e. The Kier molecular flexibility index (Phi) is 4.28. The van der Waals surface area contributed by atoms with Gasteiger partial charge in [-0.05, 0) is 30.3 Å². The minimum absolute atomic E-state index is 0.0629. The Morgan fingerprint density at radius 1 is 1.09 bits per heavy atom. The summed E-state index contributed by atoms with van der Waals surface area (Å²) in [5.41, 5.74) is 0.392. The van der Waals surface area contributed by atoms with Gasteiger partial charge in [-0.25, -0.2) is 4.39 Å². The third-order valence-electron chi connectivity index (χ3n) is 2.98. The second-order valence-corrected chi connectivity index (χ2v) is 6.74. The zero-order valence-electron chi connectivity index (χ0n) is 10.8. The van der Waals surface area contributed by atoms with Gasteiger partial charge in [-0.15, -0.1) is 11.3 Å². The van der Waals surface area contributed by atoms with Gasteiger partial charge in [0.2, 0.25) is 0 Å². The summed E-state index contributed by atoms with van der Waals surface area (Å²) in [4.78, 5) is 12.7. The summed E-state index contributed by atoms with van der Waals surface area (Å²) in [5.74, 6) is -0.931. The first-order valence-corrected chi connectivity index (χ1v) is 8.04. The van der Waals surface area contributed by atoms with Gasteiger partial charge in [-0.2, -0.15) is 0 Å². The molecule has 0 aliphatic heterocycles. The van der Waals surface area contributed by atoms with Crippen molar-refractivity contribution in [3.05, 3.63) is 62.2 Å². The highest BCUT2D eigenvalue weighted by atomic mass is 35.5. The minimum Gasteiger partial charge on any atom is -0.321 e. The molecule has 22 heavy (non-hydrogen) atoms. The average Bonchev–Trinajstić information content (AvgIpc) is 2.79. The van der Waals surface area contributed by atoms with E-state index in [4.69, 9.17) is 34.8 Å². The molecule has 1 amide bonds. The van der Waals surface area contributed by atoms with Gasteiger partial charge in [0.25, 0.3) is 5.91 Å². The lowest BCUT2D eigenvalue weighted by Gasteiger charge is -2.04. The molecule has 7 heteroatoms. The van der Waals surface area contributed by atoms with Crippen molar-refractivity contribution >= 4 is 67.8 Å². The van der Waals surface area contributed by atoms with E-state index < -0.39 is 5.82 Å². The Morgan fingerprint density at radius 2 is 1.86 bits per heavy atom. The van der Waals surface area contributed by atoms with Crippen molar-refractivity contribution in [2.45, 2.75) is 0 Å². The summed E-state index contributed by atoms with van der Waals surface area (Å²) in [6, 6.07) is 9.18. The fourth-order valence-electron chi connectivity index (χ4n) is 1.95. The molecule has 1 N–H and O–H groups in total. The molecule has 0 saturated heterocycles. The van der Waals surface area contributed by atoms with Crippen LogP contribution in [0.15, 0.2) is 36.4 Å². The summed E-state index contributed by atoms with van der Waals surface area (Å²) in [7, 11) is 0. The predicted octanol–water partition coefficient (Wildman–Crippen LogP) is 6.25. The van der Waals surface area contributed by atoms with Gasteiger partial charge in [0.15, 0.2) is 0 Å². The van der Waals surface area contributed by atoms with Crippen molar-refractivity contribution < 1.29 is 9.18 Å². The zero-order chi connectivity index (χ0) is 15.9. The second-order valence-electron chi connectivity index (χ2n) is 4.47. The van der Waals surface area contributed by atoms with E-state index in [2.05, 4.69) is 5.32 Å². The van der Waals surface area contributed by atoms with E-state index in [1.54, 1.807) is 18.2 Å². The number of rotatable bonds is 2. The largest absolute Gasteiger partial charge is 0.321 e. The number of amides is 1. The van der Waals surface area contributed by atoms with Crippen LogP contribution in [0.25, 0.3) is 10.1 Å². The molecular formula is C15H7Cl3FNOS. The predicted molar refractivity (Wildman–Crippen MR) is 91.2 cm³/mol. The van der Waals surface area contributed by atoms with Crippen molar-refractivity contribution in [2.75, 3.05) is 5.32 Å². The number of anilines is 1. The fourth-order valence-corrected chi connectivity index (χ4v) is 3.82. The highest BCUT2D eigenvalue weighted by Gasteiger charge is 2.17. The molecule has 0 saturated carbocycles. The van der Waals surface area contributed by atoms with Crippen molar-refractivity contribution in [1.82, 2.24) is 0 Å². The van der Waals surface area contributed by atoms with E-state index in [-0.39, 0.29) is 10.9 Å². The lowest BCUT2D eigenvalue weighted by atomic mass is 10.2. The van der Waals surface area contributed by atoms with Crippen LogP contribution in [-0.2, 0) is 0 Å². The number of carbonyl (C=O) groups excluding carboxylic acids is 1. The van der Waals surface area contributed by atoms with Gasteiger partial charge in [-0.3, -0.25) is 4.79 Å². The van der Waals surface area contributed by atoms with Crippen molar-refractivity contribution in [3.8, 4) is 0 Å². The molecular weight excluding hydrogens is 368 g/mol. The maximum absolute atomic E-state index is 13.1. The maximum atomic E-state index is 13.1. The molecule has 0 fully saturated rings. The van der Waals surface area contributed by atoms with Crippen molar-refractivity contribution in [1.29, 1.82) is 0 Å². The van der Waals surface area contributed by atoms with Gasteiger partial charge >= 0.3 is 0 Å². The normalized spacial score (nSPS) is 10.9. The molecule has 2 nitrogen and oxygen atoms in total. The van der Waals surface area contributed by atoms with Crippen molar-refractivity contribution in [2.24, 2.45) is 0 Å². The van der Waals surface area contributed by atoms with E-state index in [1.807, 2.05) is 0 Å². The van der Waals surface area contributed by atoms with Crippen LogP contribution in [0.3, 0.4) is 0 Å². The summed E-state index contributed by atoms with van der Waals surface area (Å²) < 4.78 is 13.9. The van der Waals surface area contributed by atoms with E-state index in [0.717, 1.165) is 10.1 Å². The van der Waals surface area contributed by atoms with Gasteiger partial charge < -0.3 is 5.32 Å². The standard InChI is InChI=1S/C15H7Cl3FNOS/c16-7-1-3-9-12(5-7)22-14(13(9)18)15(21)20-8-2-4-11(19)10(17)6-8/h1-6H,(H,20,21). The molecule has 0 aliphatic carbocycles. The number of nitrogens with one attached hydrogen (secondary N) is 1. The van der Waals surface area contributed by atoms with Crippen LogP contribution in [0.5, 0.6) is 0 Å². The number of halogens is 4. The molecule has 1 aromatic heterocycles. The molecule has 0 unspecified atom stereocenters. The molecule has 0 aliphatic rings. The maximum Gasteiger partial charge on any atom is 0.267 e. The monoisotopic (exact) mass is 373 g/mol. The number of fused-ring (bicyclic) bond motifs is 1. The third kappa shape index (κ3) is 2.92. The molecule has 3 aromatic rings. The summed E-state index contributed by atoms with van der Waals surface area (Å²) in [6.45, 7) is 0. The molecule has 112 valence electrons. The molecule has 0 bridgehead atoms. The molecule has 0 radical (unpaired) electrons. The van der Waals surface area contributed by atoms with Gasteiger partial charge in [-0.1, -0.05) is 40.9 Å². The third-order valence-corrected chi connectivity index (χ3v) is 5.16. The summed E-state index contributed by atoms with van der Waals surface area (Å²) in [6.07, 6.45) is 0. The summed E-state index contributed by atoms with van der Waals surface area (Å²) in [5, 5.41) is 4.28. The van der Waals surface area contributed by atoms with E-state index in [9.17, 15) is 9.18 Å². The lowest BCUT2D eigenvalue weighted by molar-refractivity contribution is 0.103. The Hall–Kier alpha value is -1.33. The highest BCUT2D eigenvalue weighted by molar-refractivity contribution is 7.21. The lowest BCUT2D eigenvalue weighted by Crippen LogP contribution is -2.10. The number of thiophene rings is 1. The topological polar surface area (TPSA) is 29.1 Å². The van der Waals surface area contributed by atoms with Crippen LogP contribution in [0.2, 0.25) is 15.1 Å². The minimum atomic E-state index is -0.547. The Bertz CT molecular complexity index is 894. The van der Waals surface area contributed by atoms with Gasteiger partial charge in [0, 0.05) is 20.8 Å². The van der Waals surface area contributed by atoms with Crippen LogP contribution >= 0.6 is 46.1 Å². The summed E-state index contributed by atoms with van der Waals surface area (Å²) >= 11 is 19.1. The van der Waals surface area contributed by atoms with Crippen LogP contribution < -0.4 is 5.32 Å². The molecule has 0 atom stereocenters. The quantitative estimate of drug-likeness (QED) is 0.564. The van der Waals surface area contributed by atoms with Crippen LogP contribution in [-0.4, -0.2) is 5.91 Å². The average molecular weight is 375 g/mol. The van der Waals surface area contributed by atoms with Gasteiger partial charge in [0.1, 0.15) is 10.7 Å². The number of hydrogen-bond acceptors (Lipinski definition) is 2. The van der Waals surface area contributed by atoms with Gasteiger partial charge in [0.05, 0.1) is 10.0 Å². The van der Waals surface area contributed by atoms with Crippen LogP contribution in [0, 0.1) is 5.82 Å². The first-order valence-electron chi connectivity index (χ1n) is 6.09. The second kappa shape index (κ2) is 6.05. The SMILES string of the molecule is O=C(Nc1ccc(F)c(Cl)c1)c1sc2cc(Cl)ccc2c1Cl. The molecule has 3 rings (SSSR count). The van der Waals surface area contributed by atoms with Crippen molar-refractivity contribution in [3.63, 3.8) is 0 Å². The van der Waals surface area contributed by atoms with E-state index in [1.165, 1.54) is 29.5 Å². The van der Waals surface area contributed by atoms with Crippen LogP contribution in [0.4, 0.5) is 10.1 Å². The molecule has 2 aromatic carbocycles. The Morgan fingerprint density at radius 3 is 2.59 bits per heavy atom. The number of hydrogen-bond donors (Lipinski definition) is 1. The number of benzene rings is 2. The number of carbonyl (C=O) groups is 1. The Labute approximate surface area is 144 Å². The van der Waals surface area contributed by atoms with E-state index >= 15 is 0 Å². The van der Waals surface area contributed by atoms with E-state index in [0.29, 0.717) is 20.6 Å². The fraction of sp³-hybridized carbons (Fsp3) is 0. The molecule has 0 spiro atoms. The first kappa shape index (κ1) is 15.6. The molecule has 1 heterocycles. The highest BCUT2D eigenvalue weighted by Crippen LogP contribution is 2.37. The van der Waals surface area contributed by atoms with Crippen LogP contribution in [0.1, 0.15) is 9.67 Å².